The zero-order chi connectivity index (χ0) is 17.4. The number of nitrogens with one attached hydrogen (secondary N) is 1. The lowest BCUT2D eigenvalue weighted by atomic mass is 10.2. The number of amides is 1. The van der Waals surface area contributed by atoms with Crippen LogP contribution in [0.1, 0.15) is 41.5 Å². The molecule has 7 nitrogen and oxygen atoms in total. The average Bonchev–Trinajstić information content (AvgIpc) is 3.15. The standard InChI is InChI=1S/C16H19N5O2S/c1-5-9(2)21-11(6-7-18-21)19-14(22)13-10(3)12-15(24-13)17-8-20(4)16(12)23/h6-9H,5H2,1-4H3,(H,19,22). The molecule has 1 atom stereocenters. The summed E-state index contributed by atoms with van der Waals surface area (Å²) in [5, 5.41) is 7.66. The molecule has 0 spiro atoms. The second-order valence-electron chi connectivity index (χ2n) is 5.77. The van der Waals surface area contributed by atoms with E-state index in [1.807, 2.05) is 6.92 Å². The van der Waals surface area contributed by atoms with Gasteiger partial charge in [-0.3, -0.25) is 9.59 Å². The highest BCUT2D eigenvalue weighted by Crippen LogP contribution is 2.28. The van der Waals surface area contributed by atoms with E-state index in [-0.39, 0.29) is 17.5 Å². The Morgan fingerprint density at radius 3 is 2.92 bits per heavy atom. The summed E-state index contributed by atoms with van der Waals surface area (Å²) in [4.78, 5) is 30.3. The van der Waals surface area contributed by atoms with E-state index in [1.165, 1.54) is 22.2 Å². The molecule has 0 aliphatic carbocycles. The molecule has 126 valence electrons. The third kappa shape index (κ3) is 2.62. The molecule has 3 aromatic heterocycles. The lowest BCUT2D eigenvalue weighted by molar-refractivity contribution is 0.102. The smallest absolute Gasteiger partial charge is 0.267 e. The van der Waals surface area contributed by atoms with Gasteiger partial charge < -0.3 is 9.88 Å². The zero-order valence-corrected chi connectivity index (χ0v) is 14.8. The maximum atomic E-state index is 12.7. The number of anilines is 1. The average molecular weight is 345 g/mol. The van der Waals surface area contributed by atoms with E-state index < -0.39 is 0 Å². The third-order valence-corrected chi connectivity index (χ3v) is 5.34. The summed E-state index contributed by atoms with van der Waals surface area (Å²) >= 11 is 1.23. The quantitative estimate of drug-likeness (QED) is 0.788. The fourth-order valence-corrected chi connectivity index (χ4v) is 3.57. The predicted molar refractivity (Wildman–Crippen MR) is 94.8 cm³/mol. The number of carbonyl (C=O) groups is 1. The number of hydrogen-bond donors (Lipinski definition) is 1. The van der Waals surface area contributed by atoms with Crippen LogP contribution >= 0.6 is 11.3 Å². The van der Waals surface area contributed by atoms with Gasteiger partial charge in [-0.1, -0.05) is 6.92 Å². The highest BCUT2D eigenvalue weighted by atomic mass is 32.1. The van der Waals surface area contributed by atoms with Crippen LogP contribution in [-0.2, 0) is 7.05 Å². The molecule has 0 saturated heterocycles. The maximum Gasteiger partial charge on any atom is 0.267 e. The van der Waals surface area contributed by atoms with Gasteiger partial charge in [0.05, 0.1) is 28.8 Å². The minimum Gasteiger partial charge on any atom is -0.306 e. The molecule has 0 aromatic carbocycles. The van der Waals surface area contributed by atoms with E-state index in [9.17, 15) is 9.59 Å². The molecule has 3 rings (SSSR count). The van der Waals surface area contributed by atoms with Crippen LogP contribution in [0.3, 0.4) is 0 Å². The molecule has 1 N–H and O–H groups in total. The van der Waals surface area contributed by atoms with Crippen LogP contribution < -0.4 is 10.9 Å². The number of nitrogens with zero attached hydrogens (tertiary/aromatic N) is 4. The molecular weight excluding hydrogens is 326 g/mol. The Hall–Kier alpha value is -2.48. The Morgan fingerprint density at radius 2 is 2.21 bits per heavy atom. The summed E-state index contributed by atoms with van der Waals surface area (Å²) in [5.41, 5.74) is 0.522. The second kappa shape index (κ2) is 6.20. The van der Waals surface area contributed by atoms with Gasteiger partial charge in [0.2, 0.25) is 0 Å². The lowest BCUT2D eigenvalue weighted by Gasteiger charge is -2.14. The summed E-state index contributed by atoms with van der Waals surface area (Å²) in [6, 6.07) is 1.96. The van der Waals surface area contributed by atoms with Gasteiger partial charge >= 0.3 is 0 Å². The number of aromatic nitrogens is 4. The number of rotatable bonds is 4. The Morgan fingerprint density at radius 1 is 1.46 bits per heavy atom. The molecule has 3 heterocycles. The van der Waals surface area contributed by atoms with Gasteiger partial charge in [0, 0.05) is 13.1 Å². The first-order valence-corrected chi connectivity index (χ1v) is 8.55. The predicted octanol–water partition coefficient (Wildman–Crippen LogP) is 2.72. The van der Waals surface area contributed by atoms with Crippen LogP contribution in [0, 0.1) is 6.92 Å². The first-order chi connectivity index (χ1) is 11.4. The maximum absolute atomic E-state index is 12.7. The fourth-order valence-electron chi connectivity index (χ4n) is 2.54. The SMILES string of the molecule is CCC(C)n1nccc1NC(=O)c1sc2ncn(C)c(=O)c2c1C. The van der Waals surface area contributed by atoms with Crippen LogP contribution in [0.4, 0.5) is 5.82 Å². The zero-order valence-electron chi connectivity index (χ0n) is 14.0. The molecule has 0 fully saturated rings. The number of fused-ring (bicyclic) bond motifs is 1. The van der Waals surface area contributed by atoms with Gasteiger partial charge in [0.15, 0.2) is 0 Å². The molecule has 1 unspecified atom stereocenters. The van der Waals surface area contributed by atoms with Crippen molar-refractivity contribution < 1.29 is 4.79 Å². The van der Waals surface area contributed by atoms with Gasteiger partial charge in [-0.2, -0.15) is 5.10 Å². The van der Waals surface area contributed by atoms with Gasteiger partial charge in [-0.05, 0) is 25.8 Å². The van der Waals surface area contributed by atoms with Crippen molar-refractivity contribution in [2.75, 3.05) is 5.32 Å². The van der Waals surface area contributed by atoms with Crippen molar-refractivity contribution in [3.8, 4) is 0 Å². The van der Waals surface area contributed by atoms with Crippen molar-refractivity contribution in [1.29, 1.82) is 0 Å². The minimum absolute atomic E-state index is 0.141. The monoisotopic (exact) mass is 345 g/mol. The number of aryl methyl sites for hydroxylation is 2. The van der Waals surface area contributed by atoms with Crippen molar-refractivity contribution >= 4 is 33.3 Å². The molecule has 0 bridgehead atoms. The normalized spacial score (nSPS) is 12.5. The summed E-state index contributed by atoms with van der Waals surface area (Å²) in [7, 11) is 1.65. The first-order valence-electron chi connectivity index (χ1n) is 7.73. The van der Waals surface area contributed by atoms with E-state index in [0.29, 0.717) is 26.5 Å². The number of carbonyl (C=O) groups excluding carboxylic acids is 1. The van der Waals surface area contributed by atoms with Gasteiger partial charge in [0.25, 0.3) is 11.5 Å². The van der Waals surface area contributed by atoms with E-state index in [1.54, 1.807) is 30.9 Å². The van der Waals surface area contributed by atoms with E-state index in [0.717, 1.165) is 6.42 Å². The molecule has 0 saturated carbocycles. The van der Waals surface area contributed by atoms with Gasteiger partial charge in [-0.15, -0.1) is 11.3 Å². The van der Waals surface area contributed by atoms with Crippen LogP contribution in [-0.4, -0.2) is 25.2 Å². The highest BCUT2D eigenvalue weighted by molar-refractivity contribution is 7.20. The number of hydrogen-bond acceptors (Lipinski definition) is 5. The van der Waals surface area contributed by atoms with Crippen molar-refractivity contribution in [2.45, 2.75) is 33.2 Å². The van der Waals surface area contributed by atoms with E-state index >= 15 is 0 Å². The fraction of sp³-hybridized carbons (Fsp3) is 0.375. The van der Waals surface area contributed by atoms with Crippen LogP contribution in [0.15, 0.2) is 23.4 Å². The molecule has 8 heteroatoms. The topological polar surface area (TPSA) is 81.8 Å². The van der Waals surface area contributed by atoms with Crippen LogP contribution in [0.2, 0.25) is 0 Å². The minimum atomic E-state index is -0.248. The number of thiophene rings is 1. The Kier molecular flexibility index (Phi) is 4.23. The van der Waals surface area contributed by atoms with Crippen molar-refractivity contribution in [3.63, 3.8) is 0 Å². The van der Waals surface area contributed by atoms with Crippen LogP contribution in [0.5, 0.6) is 0 Å². The summed E-state index contributed by atoms with van der Waals surface area (Å²) in [6.45, 7) is 5.89. The van der Waals surface area contributed by atoms with Crippen molar-refractivity contribution in [1.82, 2.24) is 19.3 Å². The van der Waals surface area contributed by atoms with E-state index in [2.05, 4.69) is 22.3 Å². The van der Waals surface area contributed by atoms with Crippen molar-refractivity contribution in [3.05, 3.63) is 39.4 Å². The highest BCUT2D eigenvalue weighted by Gasteiger charge is 2.20. The third-order valence-electron chi connectivity index (χ3n) is 4.14. The Balaban J connectivity index is 1.99. The molecule has 24 heavy (non-hydrogen) atoms. The second-order valence-corrected chi connectivity index (χ2v) is 6.77. The van der Waals surface area contributed by atoms with Gasteiger partial charge in [0.1, 0.15) is 10.6 Å². The molecule has 0 aliphatic rings. The molecular formula is C16H19N5O2S. The Labute approximate surface area is 142 Å². The molecule has 3 aromatic rings. The lowest BCUT2D eigenvalue weighted by Crippen LogP contribution is -2.18. The van der Waals surface area contributed by atoms with Crippen LogP contribution in [0.25, 0.3) is 10.2 Å². The first kappa shape index (κ1) is 16.4. The molecule has 1 amide bonds. The molecule has 0 aliphatic heterocycles. The van der Waals surface area contributed by atoms with Crippen molar-refractivity contribution in [2.24, 2.45) is 7.05 Å². The van der Waals surface area contributed by atoms with E-state index in [4.69, 9.17) is 0 Å². The largest absolute Gasteiger partial charge is 0.306 e. The Bertz CT molecular complexity index is 969. The summed E-state index contributed by atoms with van der Waals surface area (Å²) < 4.78 is 3.21. The summed E-state index contributed by atoms with van der Waals surface area (Å²) in [5.74, 6) is 0.398. The van der Waals surface area contributed by atoms with Gasteiger partial charge in [-0.25, -0.2) is 9.67 Å². The summed E-state index contributed by atoms with van der Waals surface area (Å²) in [6.07, 6.45) is 4.05. The molecule has 0 radical (unpaired) electrons.